The zero-order valence-electron chi connectivity index (χ0n) is 12.3. The molecule has 0 unspecified atom stereocenters. The Hall–Kier alpha value is -1.70. The van der Waals surface area contributed by atoms with Gasteiger partial charge in [0.25, 0.3) is 0 Å². The molecule has 1 amide bonds. The van der Waals surface area contributed by atoms with Gasteiger partial charge in [-0.2, -0.15) is 0 Å². The third-order valence-electron chi connectivity index (χ3n) is 4.28. The number of carbonyl (C=O) groups excluding carboxylic acids is 1. The zero-order chi connectivity index (χ0) is 15.6. The van der Waals surface area contributed by atoms with Gasteiger partial charge in [-0.3, -0.25) is 4.79 Å². The van der Waals surface area contributed by atoms with Crippen molar-refractivity contribution in [1.82, 2.24) is 15.3 Å². The summed E-state index contributed by atoms with van der Waals surface area (Å²) in [5.74, 6) is 0.356. The van der Waals surface area contributed by atoms with Gasteiger partial charge in [0.15, 0.2) is 9.84 Å². The van der Waals surface area contributed by atoms with Crippen molar-refractivity contribution in [3.63, 3.8) is 0 Å². The molecule has 0 aromatic carbocycles. The van der Waals surface area contributed by atoms with E-state index in [4.69, 9.17) is 0 Å². The van der Waals surface area contributed by atoms with Crippen LogP contribution in [-0.4, -0.2) is 54.9 Å². The fourth-order valence-corrected chi connectivity index (χ4v) is 4.74. The summed E-state index contributed by atoms with van der Waals surface area (Å²) in [4.78, 5) is 22.7. The molecule has 0 spiro atoms. The third-order valence-corrected chi connectivity index (χ3v) is 6.05. The summed E-state index contributed by atoms with van der Waals surface area (Å²) >= 11 is 0. The number of piperidine rings is 1. The Bertz CT molecular complexity index is 627. The van der Waals surface area contributed by atoms with Gasteiger partial charge >= 0.3 is 0 Å². The Morgan fingerprint density at radius 2 is 1.86 bits per heavy atom. The Balaban J connectivity index is 1.49. The second-order valence-electron chi connectivity index (χ2n) is 5.92. The highest BCUT2D eigenvalue weighted by molar-refractivity contribution is 7.91. The SMILES string of the molecule is O=C(NC1CCN(c2ncccn2)CC1)[C@H]1CCS(=O)(=O)C1. The van der Waals surface area contributed by atoms with Gasteiger partial charge in [-0.25, -0.2) is 18.4 Å². The lowest BCUT2D eigenvalue weighted by Crippen LogP contribution is -2.47. The van der Waals surface area contributed by atoms with Gasteiger partial charge in [0.2, 0.25) is 11.9 Å². The zero-order valence-corrected chi connectivity index (χ0v) is 13.1. The standard InChI is InChI=1S/C14H20N4O3S/c19-13(11-4-9-22(20,21)10-11)17-12-2-7-18(8-3-12)14-15-5-1-6-16-14/h1,5-6,11-12H,2-4,7-10H2,(H,17,19)/t11-/m0/s1. The van der Waals surface area contributed by atoms with Crippen LogP contribution in [0.1, 0.15) is 19.3 Å². The molecule has 3 rings (SSSR count). The molecule has 8 heteroatoms. The molecule has 2 saturated heterocycles. The van der Waals surface area contributed by atoms with Crippen LogP contribution in [0.15, 0.2) is 18.5 Å². The molecule has 22 heavy (non-hydrogen) atoms. The van der Waals surface area contributed by atoms with E-state index in [0.29, 0.717) is 12.4 Å². The maximum Gasteiger partial charge on any atom is 0.225 e. The highest BCUT2D eigenvalue weighted by Crippen LogP contribution is 2.20. The van der Waals surface area contributed by atoms with Crippen molar-refractivity contribution in [3.8, 4) is 0 Å². The van der Waals surface area contributed by atoms with E-state index in [1.165, 1.54) is 0 Å². The molecule has 0 aliphatic carbocycles. The van der Waals surface area contributed by atoms with E-state index in [1.807, 2.05) is 0 Å². The molecule has 0 bridgehead atoms. The minimum atomic E-state index is -3.01. The molecule has 120 valence electrons. The Kier molecular flexibility index (Phi) is 4.28. The fourth-order valence-electron chi connectivity index (χ4n) is 3.00. The number of hydrogen-bond acceptors (Lipinski definition) is 6. The maximum atomic E-state index is 12.1. The first-order chi connectivity index (χ1) is 10.5. The number of hydrogen-bond donors (Lipinski definition) is 1. The quantitative estimate of drug-likeness (QED) is 0.841. The summed E-state index contributed by atoms with van der Waals surface area (Å²) in [6.07, 6.45) is 5.53. The smallest absolute Gasteiger partial charge is 0.225 e. The van der Waals surface area contributed by atoms with Crippen molar-refractivity contribution >= 4 is 21.7 Å². The molecule has 2 aliphatic rings. The van der Waals surface area contributed by atoms with Crippen LogP contribution in [0.25, 0.3) is 0 Å². The minimum Gasteiger partial charge on any atom is -0.353 e. The Morgan fingerprint density at radius 3 is 2.45 bits per heavy atom. The number of aromatic nitrogens is 2. The van der Waals surface area contributed by atoms with Gasteiger partial charge in [-0.15, -0.1) is 0 Å². The van der Waals surface area contributed by atoms with E-state index >= 15 is 0 Å². The first-order valence-corrected chi connectivity index (χ1v) is 9.38. The minimum absolute atomic E-state index is 0.00443. The predicted octanol–water partition coefficient (Wildman–Crippen LogP) is -0.00370. The number of sulfone groups is 1. The van der Waals surface area contributed by atoms with Crippen LogP contribution in [0, 0.1) is 5.92 Å². The molecule has 1 aromatic heterocycles. The third kappa shape index (κ3) is 3.55. The van der Waals surface area contributed by atoms with Gasteiger partial charge in [-0.05, 0) is 25.3 Å². The van der Waals surface area contributed by atoms with E-state index in [9.17, 15) is 13.2 Å². The van der Waals surface area contributed by atoms with Crippen molar-refractivity contribution in [2.75, 3.05) is 29.5 Å². The number of rotatable bonds is 3. The first-order valence-electron chi connectivity index (χ1n) is 7.56. The number of nitrogens with one attached hydrogen (secondary N) is 1. The maximum absolute atomic E-state index is 12.1. The van der Waals surface area contributed by atoms with Gasteiger partial charge in [0.05, 0.1) is 17.4 Å². The number of nitrogens with zero attached hydrogens (tertiary/aromatic N) is 3. The largest absolute Gasteiger partial charge is 0.353 e. The van der Waals surface area contributed by atoms with E-state index < -0.39 is 9.84 Å². The van der Waals surface area contributed by atoms with Crippen LogP contribution in [0.4, 0.5) is 5.95 Å². The number of carbonyl (C=O) groups is 1. The second-order valence-corrected chi connectivity index (χ2v) is 8.15. The first kappa shape index (κ1) is 15.2. The van der Waals surface area contributed by atoms with Crippen LogP contribution in [0.2, 0.25) is 0 Å². The molecular formula is C14H20N4O3S. The average Bonchev–Trinajstić information content (AvgIpc) is 2.89. The van der Waals surface area contributed by atoms with Crippen LogP contribution in [0.5, 0.6) is 0 Å². The molecule has 0 radical (unpaired) electrons. The molecular weight excluding hydrogens is 304 g/mol. The van der Waals surface area contributed by atoms with Gasteiger partial charge in [0, 0.05) is 31.5 Å². The second kappa shape index (κ2) is 6.20. The molecule has 3 heterocycles. The lowest BCUT2D eigenvalue weighted by Gasteiger charge is -2.32. The highest BCUT2D eigenvalue weighted by atomic mass is 32.2. The summed E-state index contributed by atoms with van der Waals surface area (Å²) in [6.45, 7) is 1.58. The number of anilines is 1. The molecule has 1 N–H and O–H groups in total. The summed E-state index contributed by atoms with van der Waals surface area (Å²) < 4.78 is 22.9. The normalized spacial score (nSPS) is 25.1. The van der Waals surface area contributed by atoms with E-state index in [-0.39, 0.29) is 29.4 Å². The molecule has 1 aromatic rings. The summed E-state index contributed by atoms with van der Waals surface area (Å²) in [6, 6.07) is 1.89. The van der Waals surface area contributed by atoms with Crippen LogP contribution in [-0.2, 0) is 14.6 Å². The molecule has 1 atom stereocenters. The fraction of sp³-hybridized carbons (Fsp3) is 0.643. The van der Waals surface area contributed by atoms with Crippen molar-refractivity contribution < 1.29 is 13.2 Å². The highest BCUT2D eigenvalue weighted by Gasteiger charge is 2.34. The van der Waals surface area contributed by atoms with Crippen molar-refractivity contribution in [1.29, 1.82) is 0 Å². The lowest BCUT2D eigenvalue weighted by molar-refractivity contribution is -0.125. The molecule has 2 fully saturated rings. The average molecular weight is 324 g/mol. The van der Waals surface area contributed by atoms with E-state index in [2.05, 4.69) is 20.2 Å². The van der Waals surface area contributed by atoms with Gasteiger partial charge in [0.1, 0.15) is 0 Å². The van der Waals surface area contributed by atoms with Crippen LogP contribution < -0.4 is 10.2 Å². The van der Waals surface area contributed by atoms with Gasteiger partial charge < -0.3 is 10.2 Å². The molecule has 0 saturated carbocycles. The van der Waals surface area contributed by atoms with Gasteiger partial charge in [-0.1, -0.05) is 0 Å². The van der Waals surface area contributed by atoms with Crippen LogP contribution >= 0.6 is 0 Å². The topological polar surface area (TPSA) is 92.3 Å². The Morgan fingerprint density at radius 1 is 1.18 bits per heavy atom. The van der Waals surface area contributed by atoms with Crippen molar-refractivity contribution in [3.05, 3.63) is 18.5 Å². The summed E-state index contributed by atoms with van der Waals surface area (Å²) in [7, 11) is -3.01. The summed E-state index contributed by atoms with van der Waals surface area (Å²) in [5.41, 5.74) is 0. The van der Waals surface area contributed by atoms with Crippen molar-refractivity contribution in [2.45, 2.75) is 25.3 Å². The Labute approximate surface area is 130 Å². The van der Waals surface area contributed by atoms with Crippen molar-refractivity contribution in [2.24, 2.45) is 5.92 Å². The van der Waals surface area contributed by atoms with Crippen LogP contribution in [0.3, 0.4) is 0 Å². The summed E-state index contributed by atoms with van der Waals surface area (Å²) in [5, 5.41) is 3.00. The number of amides is 1. The molecule has 7 nitrogen and oxygen atoms in total. The lowest BCUT2D eigenvalue weighted by atomic mass is 10.0. The molecule has 2 aliphatic heterocycles. The predicted molar refractivity (Wildman–Crippen MR) is 82.2 cm³/mol. The van der Waals surface area contributed by atoms with E-state index in [1.54, 1.807) is 18.5 Å². The monoisotopic (exact) mass is 324 g/mol. The van der Waals surface area contributed by atoms with E-state index in [0.717, 1.165) is 25.9 Å².